The van der Waals surface area contributed by atoms with E-state index >= 15 is 0 Å². The van der Waals surface area contributed by atoms with Crippen LogP contribution in [0.2, 0.25) is 0 Å². The first-order valence-corrected chi connectivity index (χ1v) is 13.1. The summed E-state index contributed by atoms with van der Waals surface area (Å²) in [5.41, 5.74) is 2.27. The van der Waals surface area contributed by atoms with Gasteiger partial charge in [-0.3, -0.25) is 0 Å². The fourth-order valence-electron chi connectivity index (χ4n) is 2.84. The van der Waals surface area contributed by atoms with Crippen molar-refractivity contribution < 1.29 is 14.3 Å². The molecular formula is C31H43ClN2O3. The van der Waals surface area contributed by atoms with E-state index in [1.165, 1.54) is 11.7 Å². The molecule has 0 fully saturated rings. The topological polar surface area (TPSA) is 52.8 Å². The van der Waals surface area contributed by atoms with Crippen LogP contribution in [0.5, 0.6) is 5.75 Å². The van der Waals surface area contributed by atoms with Crippen LogP contribution in [-0.2, 0) is 11.3 Å². The molecule has 3 aromatic rings. The molecule has 5 nitrogen and oxygen atoms in total. The first-order chi connectivity index (χ1) is 17.7. The molecule has 3 rings (SSSR count). The van der Waals surface area contributed by atoms with Gasteiger partial charge in [0, 0.05) is 10.9 Å². The number of rotatable bonds is 5. The van der Waals surface area contributed by atoms with Gasteiger partial charge in [-0.05, 0) is 36.6 Å². The van der Waals surface area contributed by atoms with E-state index in [9.17, 15) is 4.79 Å². The predicted octanol–water partition coefficient (Wildman–Crippen LogP) is 7.62. The number of halogens is 1. The van der Waals surface area contributed by atoms with Crippen LogP contribution < -0.4 is 15.3 Å². The Morgan fingerprint density at radius 3 is 1.95 bits per heavy atom. The molecule has 0 saturated carbocycles. The van der Waals surface area contributed by atoms with Gasteiger partial charge in [-0.15, -0.1) is 0 Å². The Hall–Kier alpha value is -3.31. The highest BCUT2D eigenvalue weighted by molar-refractivity contribution is 6.45. The summed E-state index contributed by atoms with van der Waals surface area (Å²) < 4.78 is 12.0. The van der Waals surface area contributed by atoms with Crippen LogP contribution in [0.1, 0.15) is 66.6 Å². The molecule has 0 aliphatic rings. The molecule has 202 valence electrons. The molecule has 1 heterocycles. The smallest absolute Gasteiger partial charge is 0.418 e. The van der Waals surface area contributed by atoms with Gasteiger partial charge in [0.15, 0.2) is 0 Å². The molecule has 0 radical (unpaired) electrons. The average molecular weight is 527 g/mol. The quantitative estimate of drug-likeness (QED) is 0.254. The minimum atomic E-state index is -0.568. The predicted molar refractivity (Wildman–Crippen MR) is 159 cm³/mol. The number of aliphatic imine (C=N–C) groups is 1. The molecule has 2 aromatic carbocycles. The van der Waals surface area contributed by atoms with E-state index in [-0.39, 0.29) is 11.8 Å². The van der Waals surface area contributed by atoms with Crippen molar-refractivity contribution in [3.05, 3.63) is 88.6 Å². The van der Waals surface area contributed by atoms with Crippen LogP contribution in [0.15, 0.2) is 71.7 Å². The largest absolute Gasteiger partial charge is 0.487 e. The second-order valence-corrected chi connectivity index (χ2v) is 8.35. The number of aromatic nitrogens is 1. The third kappa shape index (κ3) is 11.5. The van der Waals surface area contributed by atoms with Crippen LogP contribution in [0.3, 0.4) is 0 Å². The molecule has 0 atom stereocenters. The van der Waals surface area contributed by atoms with E-state index in [2.05, 4.69) is 32.3 Å². The molecule has 1 aromatic heterocycles. The summed E-state index contributed by atoms with van der Waals surface area (Å²) >= 11 is 6.49. The summed E-state index contributed by atoms with van der Waals surface area (Å²) in [6.07, 6.45) is -0.568. The van der Waals surface area contributed by atoms with Gasteiger partial charge in [0.1, 0.15) is 17.5 Å². The zero-order chi connectivity index (χ0) is 28.4. The van der Waals surface area contributed by atoms with Crippen molar-refractivity contribution >= 4 is 35.1 Å². The van der Waals surface area contributed by atoms with Gasteiger partial charge in [0.2, 0.25) is 0 Å². The molecule has 0 bridgehead atoms. The third-order valence-corrected chi connectivity index (χ3v) is 4.63. The molecule has 0 amide bonds. The number of hydrogen-bond acceptors (Lipinski definition) is 4. The molecule has 6 heteroatoms. The minimum absolute atomic E-state index is 0.146. The molecule has 0 N–H and O–H groups in total. The van der Waals surface area contributed by atoms with Gasteiger partial charge in [-0.1, -0.05) is 115 Å². The minimum Gasteiger partial charge on any atom is -0.487 e. The first kappa shape index (κ1) is 33.7. The van der Waals surface area contributed by atoms with Crippen molar-refractivity contribution in [3.8, 4) is 5.75 Å². The van der Waals surface area contributed by atoms with E-state index in [4.69, 9.17) is 21.1 Å². The molecule has 0 saturated heterocycles. The lowest BCUT2D eigenvalue weighted by Gasteiger charge is -2.08. The first-order valence-electron chi connectivity index (χ1n) is 12.7. The van der Waals surface area contributed by atoms with Gasteiger partial charge in [-0.25, -0.2) is 14.4 Å². The summed E-state index contributed by atoms with van der Waals surface area (Å²) in [6.45, 7) is 20.5. The Morgan fingerprint density at radius 1 is 0.973 bits per heavy atom. The molecule has 0 spiro atoms. The number of methoxy groups -OCH3 is 1. The highest BCUT2D eigenvalue weighted by Gasteiger charge is 2.15. The van der Waals surface area contributed by atoms with E-state index in [1.807, 2.05) is 95.3 Å². The number of carbonyl (C=O) groups excluding carboxylic acids is 1. The molecule has 0 unspecified atom stereocenters. The van der Waals surface area contributed by atoms with Gasteiger partial charge >= 0.3 is 6.09 Å². The maximum atomic E-state index is 12.3. The molecule has 37 heavy (non-hydrogen) atoms. The van der Waals surface area contributed by atoms with Gasteiger partial charge in [-0.2, -0.15) is 0 Å². The Balaban J connectivity index is 0.00000145. The normalized spacial score (nSPS) is 11.1. The molecular weight excluding hydrogens is 484 g/mol. The number of ether oxygens (including phenoxy) is 2. The van der Waals surface area contributed by atoms with Crippen LogP contribution in [0.4, 0.5) is 4.79 Å². The number of benzene rings is 2. The zero-order valence-corrected chi connectivity index (χ0v) is 24.6. The maximum absolute atomic E-state index is 12.3. The maximum Gasteiger partial charge on any atom is 0.418 e. The van der Waals surface area contributed by atoms with Gasteiger partial charge in [0.05, 0.1) is 18.2 Å². The van der Waals surface area contributed by atoms with Crippen molar-refractivity contribution in [1.82, 2.24) is 4.57 Å². The Labute approximate surface area is 228 Å². The summed E-state index contributed by atoms with van der Waals surface area (Å²) in [4.78, 5) is 16.8. The monoisotopic (exact) mass is 526 g/mol. The number of nitrogens with zero attached hydrogens (tertiary/aromatic N) is 2. The van der Waals surface area contributed by atoms with Crippen LogP contribution in [-0.4, -0.2) is 23.5 Å². The lowest BCUT2D eigenvalue weighted by molar-refractivity contribution is 0.169. The Kier molecular flexibility index (Phi) is 17.2. The Bertz CT molecular complexity index is 1180. The summed E-state index contributed by atoms with van der Waals surface area (Å²) in [5.74, 6) is 1.52. The van der Waals surface area contributed by atoms with Crippen LogP contribution >= 0.6 is 11.6 Å². The SMILES string of the molecule is C=c1/c(=C(Cl)\N=C(/C)c2ccccc2)cc(COc2ccccc2)n1C(=O)OC.CC.CC.CC(C)C. The Morgan fingerprint density at radius 2 is 1.46 bits per heavy atom. The summed E-state index contributed by atoms with van der Waals surface area (Å²) in [6, 6.07) is 20.8. The van der Waals surface area contributed by atoms with Crippen molar-refractivity contribution in [1.29, 1.82) is 0 Å². The second kappa shape index (κ2) is 18.9. The van der Waals surface area contributed by atoms with Crippen molar-refractivity contribution in [2.45, 2.75) is 62.0 Å². The van der Waals surface area contributed by atoms with Crippen molar-refractivity contribution in [3.63, 3.8) is 0 Å². The van der Waals surface area contributed by atoms with E-state index < -0.39 is 6.09 Å². The highest BCUT2D eigenvalue weighted by Crippen LogP contribution is 2.12. The van der Waals surface area contributed by atoms with E-state index in [1.54, 1.807) is 6.07 Å². The van der Waals surface area contributed by atoms with Crippen molar-refractivity contribution in [2.75, 3.05) is 7.11 Å². The standard InChI is InChI=1S/C23H21ClN2O3.C4H10.2C2H6/c1-16(18-10-6-4-7-11-18)25-22(24)21-14-19(26(17(21)2)23(27)28-3)15-29-20-12-8-5-9-13-20;1-4(2)3;2*1-2/h4-14H,2,15H2,1,3H3;4H,1-3H3;2*1-2H3/b22-21-,25-16+;;;. The third-order valence-electron chi connectivity index (χ3n) is 4.35. The van der Waals surface area contributed by atoms with E-state index in [0.717, 1.165) is 17.2 Å². The van der Waals surface area contributed by atoms with E-state index in [0.29, 0.717) is 22.0 Å². The van der Waals surface area contributed by atoms with Crippen LogP contribution in [0.25, 0.3) is 11.7 Å². The van der Waals surface area contributed by atoms with Crippen LogP contribution in [0, 0.1) is 5.92 Å². The molecule has 0 aliphatic carbocycles. The second-order valence-electron chi connectivity index (χ2n) is 7.99. The fraction of sp³-hybridized carbons (Fsp3) is 0.355. The number of para-hydroxylation sites is 1. The van der Waals surface area contributed by atoms with Gasteiger partial charge in [0.25, 0.3) is 0 Å². The number of hydrogen-bond donors (Lipinski definition) is 0. The zero-order valence-electron chi connectivity index (χ0n) is 23.8. The fourth-order valence-corrected chi connectivity index (χ4v) is 3.13. The van der Waals surface area contributed by atoms with Gasteiger partial charge < -0.3 is 9.47 Å². The summed E-state index contributed by atoms with van der Waals surface area (Å²) in [5, 5.41) is 1.16. The summed E-state index contributed by atoms with van der Waals surface area (Å²) in [7, 11) is 1.31. The highest BCUT2D eigenvalue weighted by atomic mass is 35.5. The molecule has 0 aliphatic heterocycles. The lowest BCUT2D eigenvalue weighted by Crippen LogP contribution is -2.33. The lowest BCUT2D eigenvalue weighted by atomic mass is 10.1. The number of carbonyl (C=O) groups is 1. The average Bonchev–Trinajstić information content (AvgIpc) is 3.26. The van der Waals surface area contributed by atoms with Crippen molar-refractivity contribution in [2.24, 2.45) is 10.9 Å².